The van der Waals surface area contributed by atoms with Gasteiger partial charge in [0.15, 0.2) is 0 Å². The molecule has 2 rings (SSSR count). The Kier molecular flexibility index (Phi) is 11.8. The van der Waals surface area contributed by atoms with E-state index >= 15 is 0 Å². The normalized spacial score (nSPS) is 14.5. The van der Waals surface area contributed by atoms with Crippen LogP contribution < -0.4 is 0 Å². The fourth-order valence-electron chi connectivity index (χ4n) is 4.67. The molecule has 0 aliphatic heterocycles. The zero-order valence-electron chi connectivity index (χ0n) is 23.5. The number of esters is 2. The zero-order valence-corrected chi connectivity index (χ0v) is 23.5. The first-order valence-electron chi connectivity index (χ1n) is 13.4. The first-order chi connectivity index (χ1) is 17.4. The van der Waals surface area contributed by atoms with Gasteiger partial charge in [0.05, 0.1) is 19.3 Å². The monoisotopic (exact) mass is 510 g/mol. The van der Waals surface area contributed by atoms with Gasteiger partial charge in [0, 0.05) is 18.8 Å². The Hall–Kier alpha value is -2.66. The standard InChI is InChI=1S/C32H46O5/c1-31(2,3)26(21-22-36-28(33)19-17-24-13-9-7-10-14-24)30(35)27(32(4,5)6)23-37-29(34)20-18-25-15-11-8-12-16-25/h7-16,26-27,30,35H,17-23H2,1-6H3. The van der Waals surface area contributed by atoms with Crippen molar-refractivity contribution in [2.45, 2.75) is 79.8 Å². The Morgan fingerprint density at radius 3 is 1.57 bits per heavy atom. The van der Waals surface area contributed by atoms with Gasteiger partial charge in [-0.1, -0.05) is 102 Å². The summed E-state index contributed by atoms with van der Waals surface area (Å²) >= 11 is 0. The van der Waals surface area contributed by atoms with Crippen molar-refractivity contribution in [1.29, 1.82) is 0 Å². The molecule has 0 aliphatic carbocycles. The van der Waals surface area contributed by atoms with Gasteiger partial charge in [0.2, 0.25) is 0 Å². The molecule has 3 atom stereocenters. The topological polar surface area (TPSA) is 72.8 Å². The number of carbonyl (C=O) groups is 2. The Balaban J connectivity index is 1.92. The molecule has 2 aromatic rings. The van der Waals surface area contributed by atoms with Crippen molar-refractivity contribution in [2.75, 3.05) is 13.2 Å². The molecule has 204 valence electrons. The number of hydrogen-bond donors (Lipinski definition) is 1. The van der Waals surface area contributed by atoms with Crippen LogP contribution in [-0.2, 0) is 31.9 Å². The lowest BCUT2D eigenvalue weighted by atomic mass is 9.67. The van der Waals surface area contributed by atoms with E-state index in [9.17, 15) is 14.7 Å². The van der Waals surface area contributed by atoms with Crippen molar-refractivity contribution in [1.82, 2.24) is 0 Å². The summed E-state index contributed by atoms with van der Waals surface area (Å²) in [6, 6.07) is 19.7. The first-order valence-corrected chi connectivity index (χ1v) is 13.4. The van der Waals surface area contributed by atoms with Gasteiger partial charge in [-0.15, -0.1) is 0 Å². The zero-order chi connectivity index (χ0) is 27.5. The molecule has 3 unspecified atom stereocenters. The van der Waals surface area contributed by atoms with Crippen LogP contribution in [0.5, 0.6) is 0 Å². The number of carbonyl (C=O) groups excluding carboxylic acids is 2. The minimum atomic E-state index is -0.718. The number of ether oxygens (including phenoxy) is 2. The van der Waals surface area contributed by atoms with E-state index in [1.54, 1.807) is 0 Å². The summed E-state index contributed by atoms with van der Waals surface area (Å²) in [5.74, 6) is -0.886. The molecule has 0 bridgehead atoms. The van der Waals surface area contributed by atoms with Crippen molar-refractivity contribution < 1.29 is 24.2 Å². The quantitative estimate of drug-likeness (QED) is 0.315. The minimum Gasteiger partial charge on any atom is -0.466 e. The Bertz CT molecular complexity index is 941. The predicted molar refractivity (Wildman–Crippen MR) is 148 cm³/mol. The molecule has 0 fully saturated rings. The molecule has 0 amide bonds. The van der Waals surface area contributed by atoms with Crippen molar-refractivity contribution in [3.05, 3.63) is 71.8 Å². The largest absolute Gasteiger partial charge is 0.466 e. The third-order valence-electron chi connectivity index (χ3n) is 7.09. The molecule has 5 heteroatoms. The smallest absolute Gasteiger partial charge is 0.306 e. The summed E-state index contributed by atoms with van der Waals surface area (Å²) in [5, 5.41) is 11.5. The van der Waals surface area contributed by atoms with E-state index in [1.807, 2.05) is 60.7 Å². The number of rotatable bonds is 13. The summed E-state index contributed by atoms with van der Waals surface area (Å²) in [6.45, 7) is 12.8. The van der Waals surface area contributed by atoms with Crippen molar-refractivity contribution in [2.24, 2.45) is 22.7 Å². The van der Waals surface area contributed by atoms with E-state index in [0.717, 1.165) is 11.1 Å². The van der Waals surface area contributed by atoms with Crippen LogP contribution in [-0.4, -0.2) is 36.4 Å². The van der Waals surface area contributed by atoms with Gasteiger partial charge in [0.25, 0.3) is 0 Å². The molecule has 1 N–H and O–H groups in total. The molecular weight excluding hydrogens is 464 g/mol. The van der Waals surface area contributed by atoms with Gasteiger partial charge >= 0.3 is 11.9 Å². The molecule has 0 spiro atoms. The van der Waals surface area contributed by atoms with Gasteiger partial charge in [-0.3, -0.25) is 9.59 Å². The van der Waals surface area contributed by atoms with Gasteiger partial charge in [-0.2, -0.15) is 0 Å². The lowest BCUT2D eigenvalue weighted by Gasteiger charge is -2.42. The number of aryl methyl sites for hydroxylation is 2. The van der Waals surface area contributed by atoms with Crippen LogP contribution in [0.25, 0.3) is 0 Å². The van der Waals surface area contributed by atoms with Crippen LogP contribution in [0, 0.1) is 22.7 Å². The summed E-state index contributed by atoms with van der Waals surface area (Å²) in [7, 11) is 0. The maximum atomic E-state index is 12.5. The van der Waals surface area contributed by atoms with E-state index in [2.05, 4.69) is 41.5 Å². The SMILES string of the molecule is CC(C)(C)C(CCOC(=O)CCc1ccccc1)C(O)C(COC(=O)CCc1ccccc1)C(C)(C)C. The number of benzene rings is 2. The van der Waals surface area contributed by atoms with Crippen LogP contribution in [0.1, 0.15) is 71.9 Å². The molecule has 37 heavy (non-hydrogen) atoms. The van der Waals surface area contributed by atoms with Crippen LogP contribution >= 0.6 is 0 Å². The Morgan fingerprint density at radius 1 is 0.703 bits per heavy atom. The highest BCUT2D eigenvalue weighted by Gasteiger charge is 2.41. The Labute approximate surface area is 223 Å². The Morgan fingerprint density at radius 2 is 1.14 bits per heavy atom. The molecule has 0 heterocycles. The molecule has 0 saturated heterocycles. The van der Waals surface area contributed by atoms with Crippen LogP contribution in [0.4, 0.5) is 0 Å². The van der Waals surface area contributed by atoms with Crippen molar-refractivity contribution in [3.8, 4) is 0 Å². The predicted octanol–water partition coefficient (Wildman–Crippen LogP) is 6.41. The number of aliphatic hydroxyl groups excluding tert-OH is 1. The molecule has 0 aromatic heterocycles. The second-order valence-corrected chi connectivity index (χ2v) is 12.1. The maximum Gasteiger partial charge on any atom is 0.306 e. The second kappa shape index (κ2) is 14.3. The maximum absolute atomic E-state index is 12.5. The van der Waals surface area contributed by atoms with Crippen LogP contribution in [0.2, 0.25) is 0 Å². The minimum absolute atomic E-state index is 0.137. The molecule has 5 nitrogen and oxygen atoms in total. The molecule has 2 aromatic carbocycles. The number of aliphatic hydroxyl groups is 1. The summed E-state index contributed by atoms with van der Waals surface area (Å²) in [4.78, 5) is 24.8. The highest BCUT2D eigenvalue weighted by Crippen LogP contribution is 2.40. The van der Waals surface area contributed by atoms with E-state index in [4.69, 9.17) is 9.47 Å². The van der Waals surface area contributed by atoms with Crippen molar-refractivity contribution in [3.63, 3.8) is 0 Å². The second-order valence-electron chi connectivity index (χ2n) is 12.1. The lowest BCUT2D eigenvalue weighted by molar-refractivity contribution is -0.152. The van der Waals surface area contributed by atoms with Crippen molar-refractivity contribution >= 4 is 11.9 Å². The lowest BCUT2D eigenvalue weighted by Crippen LogP contribution is -2.45. The van der Waals surface area contributed by atoms with Crippen LogP contribution in [0.3, 0.4) is 0 Å². The van der Waals surface area contributed by atoms with Crippen LogP contribution in [0.15, 0.2) is 60.7 Å². The average Bonchev–Trinajstić information content (AvgIpc) is 2.83. The van der Waals surface area contributed by atoms with E-state index in [0.29, 0.717) is 32.1 Å². The fourth-order valence-corrected chi connectivity index (χ4v) is 4.67. The van der Waals surface area contributed by atoms with Gasteiger partial charge < -0.3 is 14.6 Å². The highest BCUT2D eigenvalue weighted by atomic mass is 16.5. The fraction of sp³-hybridized carbons (Fsp3) is 0.562. The van der Waals surface area contributed by atoms with Gasteiger partial charge in [-0.25, -0.2) is 0 Å². The molecule has 0 aliphatic rings. The highest BCUT2D eigenvalue weighted by molar-refractivity contribution is 5.70. The van der Waals surface area contributed by atoms with E-state index in [1.165, 1.54) is 0 Å². The van der Waals surface area contributed by atoms with Gasteiger partial charge in [0.1, 0.15) is 0 Å². The molecule has 0 radical (unpaired) electrons. The van der Waals surface area contributed by atoms with Gasteiger partial charge in [-0.05, 0) is 47.1 Å². The molecule has 0 saturated carbocycles. The first kappa shape index (κ1) is 30.6. The molecular formula is C32H46O5. The number of hydrogen-bond acceptors (Lipinski definition) is 5. The summed E-state index contributed by atoms with van der Waals surface area (Å²) < 4.78 is 11.2. The third kappa shape index (κ3) is 11.1. The van der Waals surface area contributed by atoms with E-state index < -0.39 is 6.10 Å². The average molecular weight is 511 g/mol. The summed E-state index contributed by atoms with van der Waals surface area (Å²) in [6.07, 6.45) is 1.73. The summed E-state index contributed by atoms with van der Waals surface area (Å²) in [5.41, 5.74) is 1.69. The third-order valence-corrected chi connectivity index (χ3v) is 7.09. The van der Waals surface area contributed by atoms with E-state index in [-0.39, 0.29) is 47.8 Å².